The summed E-state index contributed by atoms with van der Waals surface area (Å²) in [4.78, 5) is 14.7. The minimum atomic E-state index is -3.90. The molecule has 2 heterocycles. The Labute approximate surface area is 198 Å². The van der Waals surface area contributed by atoms with Crippen molar-refractivity contribution in [2.75, 3.05) is 35.1 Å². The first-order chi connectivity index (χ1) is 15.9. The zero-order valence-electron chi connectivity index (χ0n) is 18.4. The molecular weight excluding hydrogens is 458 g/mol. The molecule has 1 saturated heterocycles. The maximum Gasteiger partial charge on any atom is 0.264 e. The van der Waals surface area contributed by atoms with Crippen LogP contribution in [0.3, 0.4) is 0 Å². The average molecular weight is 486 g/mol. The van der Waals surface area contributed by atoms with Gasteiger partial charge in [-0.15, -0.1) is 0 Å². The molecule has 1 aliphatic heterocycles. The van der Waals surface area contributed by atoms with E-state index in [9.17, 15) is 13.2 Å². The van der Waals surface area contributed by atoms with Gasteiger partial charge in [0.15, 0.2) is 0 Å². The first-order valence-corrected chi connectivity index (χ1v) is 13.2. The van der Waals surface area contributed by atoms with Crippen molar-refractivity contribution in [3.63, 3.8) is 0 Å². The smallest absolute Gasteiger partial charge is 0.264 e. The standard InChI is InChI=1S/C24H27N3O4S2/c1-31-21-8-5-19(6-9-21)26-33(29,30)23-16-20(25-24(28)15-18-11-14-32-17-18)7-10-22(23)27-12-3-2-4-13-27/h5-11,14,16-17,26H,2-4,12-13,15H2,1H3,(H,25,28). The number of benzene rings is 2. The van der Waals surface area contributed by atoms with E-state index in [0.717, 1.165) is 37.9 Å². The van der Waals surface area contributed by atoms with Crippen molar-refractivity contribution in [1.29, 1.82) is 0 Å². The van der Waals surface area contributed by atoms with Gasteiger partial charge in [0.05, 0.1) is 19.2 Å². The van der Waals surface area contributed by atoms with Crippen molar-refractivity contribution in [2.24, 2.45) is 0 Å². The number of carbonyl (C=O) groups excluding carboxylic acids is 1. The van der Waals surface area contributed by atoms with Crippen molar-refractivity contribution in [3.05, 3.63) is 64.9 Å². The minimum Gasteiger partial charge on any atom is -0.497 e. The van der Waals surface area contributed by atoms with Crippen molar-refractivity contribution in [1.82, 2.24) is 0 Å². The molecule has 174 valence electrons. The number of hydrogen-bond acceptors (Lipinski definition) is 6. The minimum absolute atomic E-state index is 0.147. The fourth-order valence-electron chi connectivity index (χ4n) is 3.86. The van der Waals surface area contributed by atoms with Gasteiger partial charge in [-0.2, -0.15) is 11.3 Å². The number of sulfonamides is 1. The number of nitrogens with zero attached hydrogens (tertiary/aromatic N) is 1. The van der Waals surface area contributed by atoms with Gasteiger partial charge in [0.25, 0.3) is 10.0 Å². The average Bonchev–Trinajstić information content (AvgIpc) is 3.33. The zero-order chi connectivity index (χ0) is 23.3. The molecule has 4 rings (SSSR count). The quantitative estimate of drug-likeness (QED) is 0.482. The van der Waals surface area contributed by atoms with E-state index in [-0.39, 0.29) is 17.2 Å². The van der Waals surface area contributed by atoms with E-state index in [1.807, 2.05) is 16.8 Å². The molecule has 0 unspecified atom stereocenters. The number of hydrogen-bond donors (Lipinski definition) is 2. The number of methoxy groups -OCH3 is 1. The van der Waals surface area contributed by atoms with E-state index in [4.69, 9.17) is 4.74 Å². The molecule has 3 aromatic rings. The number of carbonyl (C=O) groups is 1. The molecule has 2 aromatic carbocycles. The van der Waals surface area contributed by atoms with Gasteiger partial charge >= 0.3 is 0 Å². The fraction of sp³-hybridized carbons (Fsp3) is 0.292. The maximum atomic E-state index is 13.4. The predicted molar refractivity (Wildman–Crippen MR) is 133 cm³/mol. The summed E-state index contributed by atoms with van der Waals surface area (Å²) in [5.74, 6) is 0.452. The van der Waals surface area contributed by atoms with Gasteiger partial charge in [0, 0.05) is 24.5 Å². The van der Waals surface area contributed by atoms with E-state index < -0.39 is 10.0 Å². The third-order valence-electron chi connectivity index (χ3n) is 5.52. The van der Waals surface area contributed by atoms with Gasteiger partial charge in [0.2, 0.25) is 5.91 Å². The number of ether oxygens (including phenoxy) is 1. The van der Waals surface area contributed by atoms with Gasteiger partial charge in [-0.3, -0.25) is 9.52 Å². The van der Waals surface area contributed by atoms with Crippen LogP contribution in [-0.2, 0) is 21.2 Å². The lowest BCUT2D eigenvalue weighted by Crippen LogP contribution is -2.31. The Bertz CT molecular complexity index is 1190. The molecule has 2 N–H and O–H groups in total. The van der Waals surface area contributed by atoms with E-state index in [1.165, 1.54) is 11.3 Å². The van der Waals surface area contributed by atoms with Crippen LogP contribution in [0.1, 0.15) is 24.8 Å². The molecule has 1 fully saturated rings. The first-order valence-electron chi connectivity index (χ1n) is 10.8. The Balaban J connectivity index is 1.62. The Morgan fingerprint density at radius 1 is 1.03 bits per heavy atom. The molecule has 33 heavy (non-hydrogen) atoms. The van der Waals surface area contributed by atoms with Gasteiger partial charge < -0.3 is 15.0 Å². The number of piperidine rings is 1. The second kappa shape index (κ2) is 10.3. The highest BCUT2D eigenvalue weighted by atomic mass is 32.2. The lowest BCUT2D eigenvalue weighted by atomic mass is 10.1. The van der Waals surface area contributed by atoms with Crippen LogP contribution in [0, 0.1) is 0 Å². The van der Waals surface area contributed by atoms with Gasteiger partial charge in [-0.05, 0) is 84.1 Å². The predicted octanol–water partition coefficient (Wildman–Crippen LogP) is 4.73. The summed E-state index contributed by atoms with van der Waals surface area (Å²) in [6.07, 6.45) is 3.41. The lowest BCUT2D eigenvalue weighted by Gasteiger charge is -2.30. The molecular formula is C24H27N3O4S2. The van der Waals surface area contributed by atoms with Crippen molar-refractivity contribution in [2.45, 2.75) is 30.6 Å². The summed E-state index contributed by atoms with van der Waals surface area (Å²) in [5, 5.41) is 6.69. The monoisotopic (exact) mass is 485 g/mol. The molecule has 0 atom stereocenters. The van der Waals surface area contributed by atoms with Gasteiger partial charge in [-0.25, -0.2) is 8.42 Å². The van der Waals surface area contributed by atoms with Crippen LogP contribution in [-0.4, -0.2) is 34.5 Å². The molecule has 0 radical (unpaired) electrons. The second-order valence-electron chi connectivity index (χ2n) is 7.92. The maximum absolute atomic E-state index is 13.4. The van der Waals surface area contributed by atoms with Crippen LogP contribution >= 0.6 is 11.3 Å². The number of nitrogens with one attached hydrogen (secondary N) is 2. The van der Waals surface area contributed by atoms with E-state index in [0.29, 0.717) is 22.8 Å². The van der Waals surface area contributed by atoms with E-state index in [2.05, 4.69) is 14.9 Å². The highest BCUT2D eigenvalue weighted by Crippen LogP contribution is 2.32. The molecule has 0 aliphatic carbocycles. The molecule has 0 saturated carbocycles. The normalized spacial score (nSPS) is 14.0. The summed E-state index contributed by atoms with van der Waals surface area (Å²) in [6, 6.07) is 13.7. The Morgan fingerprint density at radius 3 is 2.42 bits per heavy atom. The van der Waals surface area contributed by atoms with Crippen molar-refractivity contribution in [3.8, 4) is 5.75 Å². The first kappa shape index (κ1) is 23.1. The highest BCUT2D eigenvalue weighted by molar-refractivity contribution is 7.92. The van der Waals surface area contributed by atoms with Crippen LogP contribution in [0.5, 0.6) is 5.75 Å². The third-order valence-corrected chi connectivity index (χ3v) is 7.66. The summed E-state index contributed by atoms with van der Waals surface area (Å²) < 4.78 is 34.7. The van der Waals surface area contributed by atoms with E-state index >= 15 is 0 Å². The highest BCUT2D eigenvalue weighted by Gasteiger charge is 2.24. The summed E-state index contributed by atoms with van der Waals surface area (Å²) in [5.41, 5.74) is 2.46. The largest absolute Gasteiger partial charge is 0.497 e. The zero-order valence-corrected chi connectivity index (χ0v) is 20.0. The van der Waals surface area contributed by atoms with Gasteiger partial charge in [-0.1, -0.05) is 0 Å². The molecule has 9 heteroatoms. The SMILES string of the molecule is COc1ccc(NS(=O)(=O)c2cc(NC(=O)Cc3ccsc3)ccc2N2CCCCC2)cc1. The Kier molecular flexibility index (Phi) is 7.20. The number of rotatable bonds is 8. The van der Waals surface area contributed by atoms with Crippen LogP contribution in [0.4, 0.5) is 17.1 Å². The molecule has 0 spiro atoms. The Morgan fingerprint density at radius 2 is 1.76 bits per heavy atom. The topological polar surface area (TPSA) is 87.7 Å². The third kappa shape index (κ3) is 5.85. The van der Waals surface area contributed by atoms with Crippen LogP contribution in [0.2, 0.25) is 0 Å². The lowest BCUT2D eigenvalue weighted by molar-refractivity contribution is -0.115. The van der Waals surface area contributed by atoms with Crippen LogP contribution in [0.25, 0.3) is 0 Å². The molecule has 1 amide bonds. The second-order valence-corrected chi connectivity index (χ2v) is 10.4. The Hall–Kier alpha value is -3.04. The van der Waals surface area contributed by atoms with Crippen LogP contribution in [0.15, 0.2) is 64.2 Å². The van der Waals surface area contributed by atoms with Crippen molar-refractivity contribution >= 4 is 44.3 Å². The number of amides is 1. The van der Waals surface area contributed by atoms with E-state index in [1.54, 1.807) is 49.6 Å². The van der Waals surface area contributed by atoms with Gasteiger partial charge in [0.1, 0.15) is 10.6 Å². The number of anilines is 3. The summed E-state index contributed by atoms with van der Waals surface area (Å²) >= 11 is 1.53. The van der Waals surface area contributed by atoms with Crippen LogP contribution < -0.4 is 19.7 Å². The molecule has 7 nitrogen and oxygen atoms in total. The molecule has 1 aromatic heterocycles. The summed E-state index contributed by atoms with van der Waals surface area (Å²) in [6.45, 7) is 1.60. The molecule has 1 aliphatic rings. The number of thiophene rings is 1. The summed E-state index contributed by atoms with van der Waals surface area (Å²) in [7, 11) is -2.35. The van der Waals surface area contributed by atoms with Crippen molar-refractivity contribution < 1.29 is 17.9 Å². The fourth-order valence-corrected chi connectivity index (χ4v) is 5.84. The molecule has 0 bridgehead atoms.